The van der Waals surface area contributed by atoms with Gasteiger partial charge in [0.1, 0.15) is 5.82 Å². The minimum Gasteiger partial charge on any atom is -0.378 e. The molecule has 2 fully saturated rings. The molecule has 0 unspecified atom stereocenters. The van der Waals surface area contributed by atoms with Gasteiger partial charge < -0.3 is 14.5 Å². The molecule has 0 amide bonds. The van der Waals surface area contributed by atoms with Crippen molar-refractivity contribution in [1.29, 1.82) is 0 Å². The van der Waals surface area contributed by atoms with Crippen LogP contribution in [0.25, 0.3) is 0 Å². The van der Waals surface area contributed by atoms with Crippen LogP contribution in [0.15, 0.2) is 36.4 Å². The fraction of sp³-hybridized carbons (Fsp3) is 0.524. The predicted molar refractivity (Wildman–Crippen MR) is 109 cm³/mol. The van der Waals surface area contributed by atoms with Crippen LogP contribution in [0.2, 0.25) is 0 Å². The van der Waals surface area contributed by atoms with Crippen molar-refractivity contribution in [1.82, 2.24) is 14.9 Å². The van der Waals surface area contributed by atoms with E-state index in [1.165, 1.54) is 5.56 Å². The van der Waals surface area contributed by atoms with Gasteiger partial charge in [-0.25, -0.2) is 4.98 Å². The van der Waals surface area contributed by atoms with Crippen LogP contribution >= 0.6 is 0 Å². The molecule has 2 aliphatic heterocycles. The Labute approximate surface area is 161 Å². The Morgan fingerprint density at radius 3 is 2.37 bits per heavy atom. The summed E-state index contributed by atoms with van der Waals surface area (Å²) < 4.78 is 5.45. The van der Waals surface area contributed by atoms with Crippen LogP contribution in [0.1, 0.15) is 11.3 Å². The molecule has 2 saturated heterocycles. The third-order valence-corrected chi connectivity index (χ3v) is 5.38. The van der Waals surface area contributed by atoms with E-state index in [9.17, 15) is 0 Å². The molecule has 0 bridgehead atoms. The summed E-state index contributed by atoms with van der Waals surface area (Å²) in [7, 11) is 0. The lowest BCUT2D eigenvalue weighted by Gasteiger charge is -2.36. The third-order valence-electron chi connectivity index (χ3n) is 5.38. The topological polar surface area (TPSA) is 44.7 Å². The van der Waals surface area contributed by atoms with Crippen molar-refractivity contribution in [2.45, 2.75) is 13.3 Å². The van der Waals surface area contributed by atoms with Crippen molar-refractivity contribution in [3.05, 3.63) is 47.7 Å². The van der Waals surface area contributed by atoms with Crippen molar-refractivity contribution in [2.24, 2.45) is 0 Å². The molecule has 6 heteroatoms. The second kappa shape index (κ2) is 8.67. The lowest BCUT2D eigenvalue weighted by molar-refractivity contribution is 0.122. The molecule has 27 heavy (non-hydrogen) atoms. The molecule has 3 heterocycles. The lowest BCUT2D eigenvalue weighted by Crippen LogP contribution is -2.47. The second-order valence-corrected chi connectivity index (χ2v) is 7.33. The summed E-state index contributed by atoms with van der Waals surface area (Å²) in [5.41, 5.74) is 2.45. The first-order valence-corrected chi connectivity index (χ1v) is 9.97. The largest absolute Gasteiger partial charge is 0.378 e. The first-order valence-electron chi connectivity index (χ1n) is 9.97. The van der Waals surface area contributed by atoms with Gasteiger partial charge in [0.2, 0.25) is 5.95 Å². The molecular weight excluding hydrogens is 338 g/mol. The maximum atomic E-state index is 5.45. The van der Waals surface area contributed by atoms with E-state index in [-0.39, 0.29) is 0 Å². The number of benzene rings is 1. The van der Waals surface area contributed by atoms with E-state index >= 15 is 0 Å². The summed E-state index contributed by atoms with van der Waals surface area (Å²) >= 11 is 0. The van der Waals surface area contributed by atoms with E-state index in [1.807, 2.05) is 0 Å². The SMILES string of the molecule is Cc1cc(N2CCN(CCc3ccccc3)CC2)nc(N2CCOCC2)n1. The maximum Gasteiger partial charge on any atom is 0.227 e. The quantitative estimate of drug-likeness (QED) is 0.805. The summed E-state index contributed by atoms with van der Waals surface area (Å²) in [6.45, 7) is 10.7. The fourth-order valence-electron chi connectivity index (χ4n) is 3.74. The molecule has 1 aromatic carbocycles. The van der Waals surface area contributed by atoms with Crippen LogP contribution in [0.4, 0.5) is 11.8 Å². The van der Waals surface area contributed by atoms with Crippen molar-refractivity contribution >= 4 is 11.8 Å². The smallest absolute Gasteiger partial charge is 0.227 e. The minimum absolute atomic E-state index is 0.757. The zero-order valence-corrected chi connectivity index (χ0v) is 16.2. The average molecular weight is 367 g/mol. The Morgan fingerprint density at radius 2 is 1.63 bits per heavy atom. The van der Waals surface area contributed by atoms with Crippen LogP contribution < -0.4 is 9.80 Å². The number of nitrogens with zero attached hydrogens (tertiary/aromatic N) is 5. The Balaban J connectivity index is 1.34. The molecule has 0 aliphatic carbocycles. The van der Waals surface area contributed by atoms with Gasteiger partial charge in [0, 0.05) is 57.6 Å². The summed E-state index contributed by atoms with van der Waals surface area (Å²) in [6.07, 6.45) is 1.12. The highest BCUT2D eigenvalue weighted by atomic mass is 16.5. The van der Waals surface area contributed by atoms with Crippen molar-refractivity contribution in [3.8, 4) is 0 Å². The summed E-state index contributed by atoms with van der Waals surface area (Å²) in [5, 5.41) is 0. The minimum atomic E-state index is 0.757. The Kier molecular flexibility index (Phi) is 5.84. The molecule has 144 valence electrons. The second-order valence-electron chi connectivity index (χ2n) is 7.33. The Morgan fingerprint density at radius 1 is 0.889 bits per heavy atom. The van der Waals surface area contributed by atoms with E-state index in [1.54, 1.807) is 0 Å². The van der Waals surface area contributed by atoms with Crippen LogP contribution in [0, 0.1) is 6.92 Å². The molecular formula is C21H29N5O. The van der Waals surface area contributed by atoms with E-state index in [0.717, 1.165) is 82.9 Å². The Bertz CT molecular complexity index is 725. The van der Waals surface area contributed by atoms with Gasteiger partial charge in [-0.3, -0.25) is 4.90 Å². The maximum absolute atomic E-state index is 5.45. The van der Waals surface area contributed by atoms with Gasteiger partial charge in [0.15, 0.2) is 0 Å². The number of aromatic nitrogens is 2. The van der Waals surface area contributed by atoms with Gasteiger partial charge in [-0.1, -0.05) is 30.3 Å². The lowest BCUT2D eigenvalue weighted by atomic mass is 10.1. The normalized spacial score (nSPS) is 18.7. The molecule has 2 aliphatic rings. The predicted octanol–water partition coefficient (Wildman–Crippen LogP) is 1.99. The van der Waals surface area contributed by atoms with Gasteiger partial charge in [-0.05, 0) is 18.9 Å². The van der Waals surface area contributed by atoms with E-state index < -0.39 is 0 Å². The molecule has 0 atom stereocenters. The number of hydrogen-bond acceptors (Lipinski definition) is 6. The molecule has 2 aromatic rings. The standard InChI is InChI=1S/C21H29N5O/c1-18-17-20(23-21(22-18)26-13-15-27-16-14-26)25-11-9-24(10-12-25)8-7-19-5-3-2-4-6-19/h2-6,17H,7-16H2,1H3. The number of rotatable bonds is 5. The van der Waals surface area contributed by atoms with Crippen molar-refractivity contribution in [3.63, 3.8) is 0 Å². The number of aryl methyl sites for hydroxylation is 1. The molecule has 0 spiro atoms. The fourth-order valence-corrected chi connectivity index (χ4v) is 3.74. The molecule has 0 N–H and O–H groups in total. The van der Waals surface area contributed by atoms with Crippen molar-refractivity contribution < 1.29 is 4.74 Å². The van der Waals surface area contributed by atoms with E-state index in [0.29, 0.717) is 0 Å². The zero-order valence-electron chi connectivity index (χ0n) is 16.2. The van der Waals surface area contributed by atoms with Crippen LogP contribution in [0.3, 0.4) is 0 Å². The van der Waals surface area contributed by atoms with Gasteiger partial charge in [-0.2, -0.15) is 4.98 Å². The van der Waals surface area contributed by atoms with E-state index in [2.05, 4.69) is 63.0 Å². The molecule has 4 rings (SSSR count). The van der Waals surface area contributed by atoms with Crippen LogP contribution in [0.5, 0.6) is 0 Å². The number of morpholine rings is 1. The number of anilines is 2. The molecule has 0 radical (unpaired) electrons. The highest BCUT2D eigenvalue weighted by molar-refractivity contribution is 5.46. The molecule has 1 aromatic heterocycles. The van der Waals surface area contributed by atoms with Crippen molar-refractivity contribution in [2.75, 3.05) is 68.8 Å². The van der Waals surface area contributed by atoms with Gasteiger partial charge in [0.25, 0.3) is 0 Å². The van der Waals surface area contributed by atoms with Crippen LogP contribution in [-0.2, 0) is 11.2 Å². The first-order chi connectivity index (χ1) is 13.3. The first kappa shape index (κ1) is 18.2. The summed E-state index contributed by atoms with van der Waals surface area (Å²) in [6, 6.07) is 12.9. The van der Waals surface area contributed by atoms with Crippen LogP contribution in [-0.4, -0.2) is 73.9 Å². The number of ether oxygens (including phenoxy) is 1. The highest BCUT2D eigenvalue weighted by Crippen LogP contribution is 2.20. The number of hydrogen-bond donors (Lipinski definition) is 0. The van der Waals surface area contributed by atoms with Gasteiger partial charge in [0.05, 0.1) is 13.2 Å². The molecule has 6 nitrogen and oxygen atoms in total. The zero-order chi connectivity index (χ0) is 18.5. The van der Waals surface area contributed by atoms with Gasteiger partial charge >= 0.3 is 0 Å². The Hall–Kier alpha value is -2.18. The average Bonchev–Trinajstić information content (AvgIpc) is 2.73. The summed E-state index contributed by atoms with van der Waals surface area (Å²) in [5.74, 6) is 1.91. The van der Waals surface area contributed by atoms with Gasteiger partial charge in [-0.15, -0.1) is 0 Å². The third kappa shape index (κ3) is 4.76. The number of piperazine rings is 1. The summed E-state index contributed by atoms with van der Waals surface area (Å²) in [4.78, 5) is 16.7. The monoisotopic (exact) mass is 367 g/mol. The van der Waals surface area contributed by atoms with E-state index in [4.69, 9.17) is 9.72 Å². The molecule has 0 saturated carbocycles. The highest BCUT2D eigenvalue weighted by Gasteiger charge is 2.21.